The highest BCUT2D eigenvalue weighted by atomic mass is 35.5. The van der Waals surface area contributed by atoms with Gasteiger partial charge in [-0.2, -0.15) is 0 Å². The van der Waals surface area contributed by atoms with Gasteiger partial charge in [0.1, 0.15) is 5.38 Å². The van der Waals surface area contributed by atoms with Crippen molar-refractivity contribution in [3.8, 4) is 0 Å². The standard InChI is InChI=1S/C10H18ClNO2/c1-3-9(11)10(14)12-4-7(2)8(5-12)6-13/h7-9,13H,3-6H2,1-2H3/t7-,8+,9+/m1/s1. The van der Waals surface area contributed by atoms with Crippen LogP contribution in [0.1, 0.15) is 20.3 Å². The van der Waals surface area contributed by atoms with Gasteiger partial charge < -0.3 is 10.0 Å². The van der Waals surface area contributed by atoms with Crippen molar-refractivity contribution in [2.24, 2.45) is 11.8 Å². The molecular formula is C10H18ClNO2. The molecule has 82 valence electrons. The number of nitrogens with zero attached hydrogens (tertiary/aromatic N) is 1. The van der Waals surface area contributed by atoms with E-state index in [0.717, 1.165) is 6.54 Å². The fraction of sp³-hybridized carbons (Fsp3) is 0.900. The third-order valence-corrected chi connectivity index (χ3v) is 3.44. The van der Waals surface area contributed by atoms with Crippen LogP contribution in [-0.2, 0) is 4.79 Å². The molecule has 0 aromatic heterocycles. The zero-order valence-electron chi connectivity index (χ0n) is 8.74. The van der Waals surface area contributed by atoms with Crippen LogP contribution in [0.15, 0.2) is 0 Å². The van der Waals surface area contributed by atoms with Gasteiger partial charge in [0.25, 0.3) is 0 Å². The number of hydrogen-bond acceptors (Lipinski definition) is 2. The van der Waals surface area contributed by atoms with E-state index in [0.29, 0.717) is 18.9 Å². The number of halogens is 1. The maximum Gasteiger partial charge on any atom is 0.240 e. The summed E-state index contributed by atoms with van der Waals surface area (Å²) in [5.41, 5.74) is 0. The molecule has 1 aliphatic heterocycles. The summed E-state index contributed by atoms with van der Waals surface area (Å²) in [4.78, 5) is 13.5. The lowest BCUT2D eigenvalue weighted by Crippen LogP contribution is -2.35. The Hall–Kier alpha value is -0.280. The molecule has 3 nitrogen and oxygen atoms in total. The molecule has 0 bridgehead atoms. The van der Waals surface area contributed by atoms with E-state index < -0.39 is 5.38 Å². The van der Waals surface area contributed by atoms with Crippen LogP contribution >= 0.6 is 11.6 Å². The molecule has 1 aliphatic rings. The highest BCUT2D eigenvalue weighted by Gasteiger charge is 2.33. The van der Waals surface area contributed by atoms with Gasteiger partial charge >= 0.3 is 0 Å². The van der Waals surface area contributed by atoms with Crippen LogP contribution in [0.5, 0.6) is 0 Å². The number of rotatable bonds is 3. The van der Waals surface area contributed by atoms with Crippen LogP contribution in [0, 0.1) is 11.8 Å². The smallest absolute Gasteiger partial charge is 0.240 e. The number of carbonyl (C=O) groups excluding carboxylic acids is 1. The number of hydrogen-bond donors (Lipinski definition) is 1. The molecule has 14 heavy (non-hydrogen) atoms. The molecule has 0 unspecified atom stereocenters. The largest absolute Gasteiger partial charge is 0.396 e. The summed E-state index contributed by atoms with van der Waals surface area (Å²) in [6.07, 6.45) is 0.662. The van der Waals surface area contributed by atoms with E-state index in [-0.39, 0.29) is 18.4 Å². The van der Waals surface area contributed by atoms with E-state index in [4.69, 9.17) is 16.7 Å². The molecule has 0 spiro atoms. The summed E-state index contributed by atoms with van der Waals surface area (Å²) in [5, 5.41) is 8.66. The minimum absolute atomic E-state index is 0.0111. The molecule has 0 aromatic carbocycles. The van der Waals surface area contributed by atoms with Crippen LogP contribution in [-0.4, -0.2) is 41.0 Å². The first-order chi connectivity index (χ1) is 6.60. The van der Waals surface area contributed by atoms with E-state index >= 15 is 0 Å². The highest BCUT2D eigenvalue weighted by Crippen LogP contribution is 2.24. The monoisotopic (exact) mass is 219 g/mol. The van der Waals surface area contributed by atoms with Crippen molar-refractivity contribution < 1.29 is 9.90 Å². The third-order valence-electron chi connectivity index (χ3n) is 2.94. The lowest BCUT2D eigenvalue weighted by molar-refractivity contribution is -0.130. The van der Waals surface area contributed by atoms with E-state index in [1.165, 1.54) is 0 Å². The molecule has 1 N–H and O–H groups in total. The topological polar surface area (TPSA) is 40.5 Å². The van der Waals surface area contributed by atoms with Gasteiger partial charge in [0.05, 0.1) is 0 Å². The SMILES string of the molecule is CC[C@H](Cl)C(=O)N1C[C@@H](CO)[C@H](C)C1. The molecule has 0 aromatic rings. The summed E-state index contributed by atoms with van der Waals surface area (Å²) in [7, 11) is 0. The number of amides is 1. The van der Waals surface area contributed by atoms with Gasteiger partial charge in [-0.1, -0.05) is 13.8 Å². The first-order valence-electron chi connectivity index (χ1n) is 5.13. The average molecular weight is 220 g/mol. The van der Waals surface area contributed by atoms with Crippen molar-refractivity contribution in [3.05, 3.63) is 0 Å². The van der Waals surface area contributed by atoms with Gasteiger partial charge in [-0.05, 0) is 12.3 Å². The Labute approximate surface area is 90.0 Å². The fourth-order valence-corrected chi connectivity index (χ4v) is 1.96. The second-order valence-corrected chi connectivity index (χ2v) is 4.57. The Morgan fingerprint density at radius 3 is 2.71 bits per heavy atom. The minimum atomic E-state index is -0.403. The zero-order chi connectivity index (χ0) is 10.7. The number of likely N-dealkylation sites (tertiary alicyclic amines) is 1. The quantitative estimate of drug-likeness (QED) is 0.722. The lowest BCUT2D eigenvalue weighted by Gasteiger charge is -2.18. The number of aliphatic hydroxyl groups excluding tert-OH is 1. The normalized spacial score (nSPS) is 29.3. The lowest BCUT2D eigenvalue weighted by atomic mass is 10.00. The van der Waals surface area contributed by atoms with Gasteiger partial charge in [-0.25, -0.2) is 0 Å². The van der Waals surface area contributed by atoms with Crippen LogP contribution in [0.2, 0.25) is 0 Å². The number of alkyl halides is 1. The zero-order valence-corrected chi connectivity index (χ0v) is 9.50. The van der Waals surface area contributed by atoms with Crippen LogP contribution in [0.25, 0.3) is 0 Å². The first kappa shape index (κ1) is 11.8. The molecule has 1 heterocycles. The molecule has 0 radical (unpaired) electrons. The van der Waals surface area contributed by atoms with E-state index in [1.54, 1.807) is 4.90 Å². The summed E-state index contributed by atoms with van der Waals surface area (Å²) < 4.78 is 0. The molecule has 3 atom stereocenters. The van der Waals surface area contributed by atoms with Gasteiger partial charge in [-0.3, -0.25) is 4.79 Å². The van der Waals surface area contributed by atoms with Crippen molar-refractivity contribution in [2.75, 3.05) is 19.7 Å². The number of carbonyl (C=O) groups is 1. The van der Waals surface area contributed by atoms with Crippen LogP contribution in [0.4, 0.5) is 0 Å². The molecule has 0 saturated carbocycles. The van der Waals surface area contributed by atoms with E-state index in [1.807, 2.05) is 6.92 Å². The Morgan fingerprint density at radius 2 is 2.29 bits per heavy atom. The maximum absolute atomic E-state index is 11.7. The van der Waals surface area contributed by atoms with Crippen LogP contribution in [0.3, 0.4) is 0 Å². The first-order valence-corrected chi connectivity index (χ1v) is 5.57. The van der Waals surface area contributed by atoms with Crippen molar-refractivity contribution in [1.82, 2.24) is 4.90 Å². The fourth-order valence-electron chi connectivity index (χ4n) is 1.82. The molecular weight excluding hydrogens is 202 g/mol. The minimum Gasteiger partial charge on any atom is -0.396 e. The molecule has 1 rings (SSSR count). The second kappa shape index (κ2) is 4.99. The van der Waals surface area contributed by atoms with Gasteiger partial charge in [0, 0.05) is 25.6 Å². The van der Waals surface area contributed by atoms with Crippen molar-refractivity contribution >= 4 is 17.5 Å². The van der Waals surface area contributed by atoms with Crippen molar-refractivity contribution in [3.63, 3.8) is 0 Å². The molecule has 4 heteroatoms. The van der Waals surface area contributed by atoms with Crippen molar-refractivity contribution in [1.29, 1.82) is 0 Å². The predicted molar refractivity (Wildman–Crippen MR) is 56.3 cm³/mol. The number of aliphatic hydroxyl groups is 1. The molecule has 1 saturated heterocycles. The van der Waals surface area contributed by atoms with Crippen molar-refractivity contribution in [2.45, 2.75) is 25.6 Å². The van der Waals surface area contributed by atoms with Gasteiger partial charge in [-0.15, -0.1) is 11.6 Å². The van der Waals surface area contributed by atoms with Gasteiger partial charge in [0.15, 0.2) is 0 Å². The van der Waals surface area contributed by atoms with Crippen LogP contribution < -0.4 is 0 Å². The Morgan fingerprint density at radius 1 is 1.64 bits per heavy atom. The highest BCUT2D eigenvalue weighted by molar-refractivity contribution is 6.30. The van der Waals surface area contributed by atoms with Gasteiger partial charge in [0.2, 0.25) is 5.91 Å². The van der Waals surface area contributed by atoms with E-state index in [2.05, 4.69) is 6.92 Å². The summed E-state index contributed by atoms with van der Waals surface area (Å²) >= 11 is 5.88. The molecule has 1 amide bonds. The summed E-state index contributed by atoms with van der Waals surface area (Å²) in [5.74, 6) is 0.612. The van der Waals surface area contributed by atoms with E-state index in [9.17, 15) is 4.79 Å². The molecule has 1 fully saturated rings. The summed E-state index contributed by atoms with van der Waals surface area (Å²) in [6.45, 7) is 5.50. The Bertz CT molecular complexity index is 210. The second-order valence-electron chi connectivity index (χ2n) is 4.04. The summed E-state index contributed by atoms with van der Waals surface area (Å²) in [6, 6.07) is 0. The predicted octanol–water partition coefficient (Wildman–Crippen LogP) is 1.09. The average Bonchev–Trinajstić information content (AvgIpc) is 2.57. The Balaban J connectivity index is 2.52. The third kappa shape index (κ3) is 2.39. The maximum atomic E-state index is 11.7. The molecule has 0 aliphatic carbocycles. The Kier molecular flexibility index (Phi) is 4.20.